The Labute approximate surface area is 250 Å². The summed E-state index contributed by atoms with van der Waals surface area (Å²) in [5.74, 6) is -2.29. The van der Waals surface area contributed by atoms with Gasteiger partial charge in [-0.2, -0.15) is 13.2 Å². The van der Waals surface area contributed by atoms with Gasteiger partial charge >= 0.3 is 12.1 Å². The molecule has 3 atom stereocenters. The molecule has 0 radical (unpaired) electrons. The minimum Gasteiger partial charge on any atom is -0.468 e. The predicted octanol–water partition coefficient (Wildman–Crippen LogP) is 1.27. The molecule has 8 N–H and O–H groups in total. The Morgan fingerprint density at radius 3 is 2.12 bits per heavy atom. The van der Waals surface area contributed by atoms with Crippen LogP contribution >= 0.6 is 0 Å². The maximum absolute atomic E-state index is 13.5. The Bertz CT molecular complexity index is 1050. The van der Waals surface area contributed by atoms with Crippen LogP contribution < -0.4 is 27.8 Å². The molecule has 2 rings (SSSR count). The molecule has 0 aliphatic carbocycles. The molecule has 0 aromatic heterocycles. The first-order chi connectivity index (χ1) is 20.3. The van der Waals surface area contributed by atoms with Gasteiger partial charge in [0.25, 0.3) is 0 Å². The van der Waals surface area contributed by atoms with Crippen molar-refractivity contribution in [2.24, 2.45) is 17.2 Å². The molecule has 242 valence electrons. The average molecular weight is 615 g/mol. The smallest absolute Gasteiger partial charge is 0.389 e. The van der Waals surface area contributed by atoms with E-state index in [9.17, 15) is 32.3 Å². The fraction of sp³-hybridized carbons (Fsp3) is 0.655. The van der Waals surface area contributed by atoms with E-state index in [1.54, 1.807) is 24.3 Å². The number of benzene rings is 1. The number of ether oxygens (including phenoxy) is 1. The lowest BCUT2D eigenvalue weighted by Crippen LogP contribution is -2.60. The number of hydrogen-bond donors (Lipinski definition) is 5. The number of nitrogens with one attached hydrogen (secondary N) is 2. The molecule has 1 aromatic carbocycles. The summed E-state index contributed by atoms with van der Waals surface area (Å²) < 4.78 is 42.9. The fourth-order valence-corrected chi connectivity index (χ4v) is 4.96. The predicted molar refractivity (Wildman–Crippen MR) is 154 cm³/mol. The topological polar surface area (TPSA) is 183 Å². The fourth-order valence-electron chi connectivity index (χ4n) is 4.96. The van der Waals surface area contributed by atoms with Crippen LogP contribution in [0, 0.1) is 0 Å². The van der Waals surface area contributed by atoms with E-state index in [0.29, 0.717) is 19.4 Å². The highest BCUT2D eigenvalue weighted by Gasteiger charge is 2.41. The van der Waals surface area contributed by atoms with Crippen LogP contribution in [-0.4, -0.2) is 85.2 Å². The zero-order valence-corrected chi connectivity index (χ0v) is 24.7. The van der Waals surface area contributed by atoms with E-state index in [1.807, 2.05) is 6.07 Å². The molecule has 43 heavy (non-hydrogen) atoms. The van der Waals surface area contributed by atoms with Gasteiger partial charge in [0.1, 0.15) is 17.6 Å². The van der Waals surface area contributed by atoms with Gasteiger partial charge in [0.05, 0.1) is 13.2 Å². The van der Waals surface area contributed by atoms with Crippen molar-refractivity contribution in [3.63, 3.8) is 0 Å². The number of nitrogens with two attached hydrogens (primary N) is 3. The molecular weight excluding hydrogens is 569 g/mol. The van der Waals surface area contributed by atoms with Crippen LogP contribution in [0.3, 0.4) is 0 Å². The highest BCUT2D eigenvalue weighted by Crippen LogP contribution is 2.24. The number of alkyl halides is 3. The molecule has 1 unspecified atom stereocenters. The largest absolute Gasteiger partial charge is 0.468 e. The maximum atomic E-state index is 13.5. The van der Waals surface area contributed by atoms with Crippen molar-refractivity contribution in [1.29, 1.82) is 0 Å². The number of hydrogen-bond acceptors (Lipinski definition) is 8. The van der Waals surface area contributed by atoms with Crippen LogP contribution in [0.15, 0.2) is 30.3 Å². The van der Waals surface area contributed by atoms with Crippen molar-refractivity contribution < 1.29 is 37.1 Å². The molecule has 3 amide bonds. The van der Waals surface area contributed by atoms with Crippen LogP contribution in [0.25, 0.3) is 0 Å². The lowest BCUT2D eigenvalue weighted by atomic mass is 9.88. The summed E-state index contributed by atoms with van der Waals surface area (Å²) in [5.41, 5.74) is 17.4. The molecule has 14 heteroatoms. The molecule has 1 aliphatic rings. The number of amides is 3. The van der Waals surface area contributed by atoms with Gasteiger partial charge in [-0.15, -0.1) is 0 Å². The normalized spacial score (nSPS) is 17.0. The summed E-state index contributed by atoms with van der Waals surface area (Å²) >= 11 is 0. The minimum absolute atomic E-state index is 0.00974. The van der Waals surface area contributed by atoms with Gasteiger partial charge in [-0.25, -0.2) is 0 Å². The number of unbranched alkanes of at least 4 members (excludes halogenated alkanes) is 2. The van der Waals surface area contributed by atoms with Crippen molar-refractivity contribution in [2.75, 3.05) is 26.7 Å². The molecular formula is C29H45F3N6O5. The molecule has 1 aliphatic heterocycles. The summed E-state index contributed by atoms with van der Waals surface area (Å²) in [4.78, 5) is 53.5. The number of carbonyl (C=O) groups excluding carboxylic acids is 4. The lowest BCUT2D eigenvalue weighted by molar-refractivity contribution is -0.151. The SMILES string of the molecule is COC(=O)C1(N)CCN(C(=O)[C@@H](CCCCN)NC(=O)C(CCCCC(F)(F)F)NC(=O)[C@H](N)Cc2ccccc2)CC1. The summed E-state index contributed by atoms with van der Waals surface area (Å²) in [7, 11) is 1.24. The molecule has 0 saturated carbocycles. The van der Waals surface area contributed by atoms with E-state index in [2.05, 4.69) is 10.6 Å². The van der Waals surface area contributed by atoms with Crippen molar-refractivity contribution in [3.05, 3.63) is 35.9 Å². The van der Waals surface area contributed by atoms with Crippen molar-refractivity contribution in [3.8, 4) is 0 Å². The Balaban J connectivity index is 2.14. The average Bonchev–Trinajstić information content (AvgIpc) is 2.97. The van der Waals surface area contributed by atoms with E-state index >= 15 is 0 Å². The monoisotopic (exact) mass is 614 g/mol. The van der Waals surface area contributed by atoms with Gasteiger partial charge in [-0.05, 0) is 63.5 Å². The number of likely N-dealkylation sites (tertiary alicyclic amines) is 1. The van der Waals surface area contributed by atoms with Gasteiger partial charge in [0, 0.05) is 19.5 Å². The Kier molecular flexibility index (Phi) is 14.4. The van der Waals surface area contributed by atoms with Crippen LogP contribution in [-0.2, 0) is 30.3 Å². The van der Waals surface area contributed by atoms with E-state index in [1.165, 1.54) is 12.0 Å². The molecule has 11 nitrogen and oxygen atoms in total. The van der Waals surface area contributed by atoms with Gasteiger partial charge < -0.3 is 37.5 Å². The summed E-state index contributed by atoms with van der Waals surface area (Å²) in [5, 5.41) is 5.29. The molecule has 1 aromatic rings. The number of esters is 1. The number of halogens is 3. The Hall–Kier alpha value is -3.23. The second-order valence-corrected chi connectivity index (χ2v) is 11.0. The van der Waals surface area contributed by atoms with Gasteiger partial charge in [0.2, 0.25) is 17.7 Å². The van der Waals surface area contributed by atoms with E-state index < -0.39 is 54.0 Å². The molecule has 1 heterocycles. The number of methoxy groups -OCH3 is 1. The second kappa shape index (κ2) is 17.2. The van der Waals surface area contributed by atoms with Gasteiger partial charge in [-0.1, -0.05) is 36.8 Å². The van der Waals surface area contributed by atoms with Crippen LogP contribution in [0.2, 0.25) is 0 Å². The van der Waals surface area contributed by atoms with Crippen molar-refractivity contribution >= 4 is 23.7 Å². The summed E-state index contributed by atoms with van der Waals surface area (Å²) in [6.07, 6.45) is -3.75. The minimum atomic E-state index is -4.34. The first-order valence-electron chi connectivity index (χ1n) is 14.6. The number of nitrogens with zero attached hydrogens (tertiary/aromatic N) is 1. The van der Waals surface area contributed by atoms with Gasteiger partial charge in [0.15, 0.2) is 0 Å². The Morgan fingerprint density at radius 1 is 0.953 bits per heavy atom. The number of piperidine rings is 1. The highest BCUT2D eigenvalue weighted by molar-refractivity contribution is 5.93. The molecule has 0 bridgehead atoms. The first kappa shape index (κ1) is 36.0. The van der Waals surface area contributed by atoms with Crippen LogP contribution in [0.4, 0.5) is 13.2 Å². The highest BCUT2D eigenvalue weighted by atomic mass is 19.4. The van der Waals surface area contributed by atoms with Crippen molar-refractivity contribution in [2.45, 2.75) is 94.0 Å². The zero-order chi connectivity index (χ0) is 32.0. The van der Waals surface area contributed by atoms with E-state index in [-0.39, 0.29) is 63.9 Å². The third kappa shape index (κ3) is 12.1. The summed E-state index contributed by atoms with van der Waals surface area (Å²) in [6, 6.07) is 5.82. The van der Waals surface area contributed by atoms with Gasteiger partial charge in [-0.3, -0.25) is 19.2 Å². The zero-order valence-electron chi connectivity index (χ0n) is 24.7. The van der Waals surface area contributed by atoms with E-state index in [0.717, 1.165) is 5.56 Å². The van der Waals surface area contributed by atoms with E-state index in [4.69, 9.17) is 21.9 Å². The van der Waals surface area contributed by atoms with Crippen molar-refractivity contribution in [1.82, 2.24) is 15.5 Å². The molecule has 1 fully saturated rings. The van der Waals surface area contributed by atoms with Crippen LogP contribution in [0.5, 0.6) is 0 Å². The quantitative estimate of drug-likeness (QED) is 0.136. The standard InChI is InChI=1S/C29H45F3N6O5/c1-43-27(42)28(35)14-17-38(18-15-28)26(41)23(12-6-8-16-33)37-25(40)22(11-5-7-13-29(30,31)32)36-24(39)21(34)19-20-9-3-2-4-10-20/h2-4,9-10,21-23H,5-8,11-19,33-35H2,1H3,(H,36,39)(H,37,40)/t21-,22?,23-/m1/s1. The first-order valence-corrected chi connectivity index (χ1v) is 14.6. The summed E-state index contributed by atoms with van der Waals surface area (Å²) in [6.45, 7) is 0.712. The number of rotatable bonds is 16. The molecule has 0 spiro atoms. The third-order valence-electron chi connectivity index (χ3n) is 7.59. The molecule has 1 saturated heterocycles. The number of carbonyl (C=O) groups is 4. The third-order valence-corrected chi connectivity index (χ3v) is 7.59. The second-order valence-electron chi connectivity index (χ2n) is 11.0. The Morgan fingerprint density at radius 2 is 1.53 bits per heavy atom. The van der Waals surface area contributed by atoms with Crippen LogP contribution in [0.1, 0.15) is 63.4 Å². The maximum Gasteiger partial charge on any atom is 0.389 e. The lowest BCUT2D eigenvalue weighted by Gasteiger charge is -2.38.